The number of aryl methyl sites for hydroxylation is 1. The second-order valence-electron chi connectivity index (χ2n) is 13.8. The summed E-state index contributed by atoms with van der Waals surface area (Å²) < 4.78 is 3.26. The second kappa shape index (κ2) is 16.2. The molecule has 0 radical (unpaired) electrons. The van der Waals surface area contributed by atoms with Crippen LogP contribution in [-0.4, -0.2) is 109 Å². The Balaban J connectivity index is 1.46. The normalized spacial score (nSPS) is 25.8. The quantitative estimate of drug-likeness (QED) is 0.195. The summed E-state index contributed by atoms with van der Waals surface area (Å²) in [4.78, 5) is 83.2. The number of aromatic nitrogens is 3. The molecule has 0 unspecified atom stereocenters. The molecule has 0 spiro atoms. The van der Waals surface area contributed by atoms with E-state index in [9.17, 15) is 33.9 Å². The van der Waals surface area contributed by atoms with Gasteiger partial charge in [0.25, 0.3) is 5.91 Å². The zero-order valence-corrected chi connectivity index (χ0v) is 29.3. The van der Waals surface area contributed by atoms with Crippen LogP contribution in [0.25, 0.3) is 5.65 Å². The van der Waals surface area contributed by atoms with Crippen LogP contribution in [0, 0.1) is 5.92 Å². The van der Waals surface area contributed by atoms with E-state index in [2.05, 4.69) is 31.7 Å². The van der Waals surface area contributed by atoms with E-state index in [1.165, 1.54) is 22.5 Å². The van der Waals surface area contributed by atoms with Crippen molar-refractivity contribution in [2.24, 2.45) is 13.0 Å². The van der Waals surface area contributed by atoms with Crippen molar-refractivity contribution in [2.45, 2.75) is 89.2 Å². The summed E-state index contributed by atoms with van der Waals surface area (Å²) in [5.41, 5.74) is 1.51. The van der Waals surface area contributed by atoms with E-state index in [-0.39, 0.29) is 56.7 Å². The van der Waals surface area contributed by atoms with Gasteiger partial charge in [0.15, 0.2) is 0 Å². The third-order valence-corrected chi connectivity index (χ3v) is 9.22. The van der Waals surface area contributed by atoms with Crippen molar-refractivity contribution in [2.75, 3.05) is 13.1 Å². The van der Waals surface area contributed by atoms with Gasteiger partial charge in [-0.05, 0) is 37.7 Å². The number of aliphatic hydroxyl groups excluding tert-OH is 1. The molecule has 2 aliphatic heterocycles. The number of carbonyl (C=O) groups is 6. The molecule has 6 atom stereocenters. The van der Waals surface area contributed by atoms with E-state index in [4.69, 9.17) is 0 Å². The van der Waals surface area contributed by atoms with Crippen molar-refractivity contribution in [3.63, 3.8) is 0 Å². The maximum Gasteiger partial charge on any atom is 0.257 e. The standard InChI is InChI=1S/C35H47N9O7/c1-20(2)15-26-31(48)38-21(3)35(51)43-19-23(45)17-28(43)33(50)36-12-8-11-25(39-29(46)24-18-37-44-14-13-42(4)34(24)44)30(47)41-27(32(49)40-26)16-22-9-6-5-7-10-22/h5-7,9-10,13-14,18,20-21,23,25-28,45H,8,11-12,15-17,19H2,1-4H3,(H,36,50)(H,38,48)(H,39,46)(H,40,49)(H,41,47)/t21-,23+,25-,26-,27+,28-/m0/s1. The van der Waals surface area contributed by atoms with Crippen LogP contribution in [-0.2, 0) is 37.4 Å². The number of fused-ring (bicyclic) bond motifs is 2. The Morgan fingerprint density at radius 3 is 2.41 bits per heavy atom. The van der Waals surface area contributed by atoms with Gasteiger partial charge in [-0.15, -0.1) is 0 Å². The summed E-state index contributed by atoms with van der Waals surface area (Å²) in [6.45, 7) is 5.28. The van der Waals surface area contributed by atoms with Crippen LogP contribution in [0.4, 0.5) is 0 Å². The van der Waals surface area contributed by atoms with Gasteiger partial charge in [-0.1, -0.05) is 44.2 Å². The molecule has 5 rings (SSSR count). The molecule has 2 fully saturated rings. The minimum Gasteiger partial charge on any atom is -0.391 e. The highest BCUT2D eigenvalue weighted by Gasteiger charge is 2.41. The smallest absolute Gasteiger partial charge is 0.257 e. The van der Waals surface area contributed by atoms with Crippen LogP contribution in [0.15, 0.2) is 48.9 Å². The molecule has 0 saturated carbocycles. The van der Waals surface area contributed by atoms with Crippen molar-refractivity contribution >= 4 is 41.1 Å². The van der Waals surface area contributed by atoms with Crippen molar-refractivity contribution < 1.29 is 33.9 Å². The topological polar surface area (TPSA) is 208 Å². The molecule has 51 heavy (non-hydrogen) atoms. The number of amides is 6. The van der Waals surface area contributed by atoms with E-state index in [0.29, 0.717) is 5.65 Å². The fourth-order valence-corrected chi connectivity index (χ4v) is 6.59. The summed E-state index contributed by atoms with van der Waals surface area (Å²) >= 11 is 0. The maximum absolute atomic E-state index is 14.0. The maximum atomic E-state index is 14.0. The van der Waals surface area contributed by atoms with Crippen LogP contribution >= 0.6 is 0 Å². The van der Waals surface area contributed by atoms with Gasteiger partial charge in [0.2, 0.25) is 29.5 Å². The molecule has 16 nitrogen and oxygen atoms in total. The first kappa shape index (κ1) is 37.0. The molecule has 2 saturated heterocycles. The molecule has 3 aromatic rings. The molecule has 1 aromatic carbocycles. The van der Waals surface area contributed by atoms with Gasteiger partial charge in [-0.2, -0.15) is 5.10 Å². The molecule has 0 bridgehead atoms. The van der Waals surface area contributed by atoms with Gasteiger partial charge >= 0.3 is 0 Å². The minimum atomic E-state index is -1.14. The number of carbonyl (C=O) groups excluding carboxylic acids is 6. The van der Waals surface area contributed by atoms with Gasteiger partial charge in [0.05, 0.1) is 12.3 Å². The van der Waals surface area contributed by atoms with Crippen LogP contribution in [0.1, 0.15) is 62.4 Å². The second-order valence-corrected chi connectivity index (χ2v) is 13.8. The van der Waals surface area contributed by atoms with Crippen molar-refractivity contribution in [1.82, 2.24) is 45.7 Å². The molecule has 6 amide bonds. The fourth-order valence-electron chi connectivity index (χ4n) is 6.59. The summed E-state index contributed by atoms with van der Waals surface area (Å²) in [6.07, 6.45) is 4.58. The third kappa shape index (κ3) is 8.92. The number of aliphatic hydroxyl groups is 1. The number of nitrogens with zero attached hydrogens (tertiary/aromatic N) is 4. The number of imidazole rings is 1. The Hall–Kier alpha value is -5.25. The van der Waals surface area contributed by atoms with Gasteiger partial charge in [0, 0.05) is 45.4 Å². The summed E-state index contributed by atoms with van der Waals surface area (Å²) in [5, 5.41) is 28.5. The fraction of sp³-hybridized carbons (Fsp3) is 0.514. The van der Waals surface area contributed by atoms with Gasteiger partial charge in [-0.3, -0.25) is 28.8 Å². The molecular weight excluding hydrogens is 658 g/mol. The number of hydrogen-bond donors (Lipinski definition) is 6. The van der Waals surface area contributed by atoms with Crippen molar-refractivity contribution in [3.8, 4) is 0 Å². The number of benzene rings is 1. The first-order valence-electron chi connectivity index (χ1n) is 17.3. The summed E-state index contributed by atoms with van der Waals surface area (Å²) in [5.74, 6) is -3.47. The first-order valence-corrected chi connectivity index (χ1v) is 17.3. The molecular formula is C35H47N9O7. The van der Waals surface area contributed by atoms with E-state index < -0.39 is 71.8 Å². The zero-order valence-electron chi connectivity index (χ0n) is 29.3. The lowest BCUT2D eigenvalue weighted by Crippen LogP contribution is -2.59. The lowest BCUT2D eigenvalue weighted by atomic mass is 10.00. The Labute approximate surface area is 295 Å². The summed E-state index contributed by atoms with van der Waals surface area (Å²) in [6, 6.07) is 3.72. The molecule has 16 heteroatoms. The van der Waals surface area contributed by atoms with E-state index >= 15 is 0 Å². The Kier molecular flexibility index (Phi) is 11.7. The Morgan fingerprint density at radius 1 is 0.980 bits per heavy atom. The van der Waals surface area contributed by atoms with Crippen LogP contribution in [0.2, 0.25) is 0 Å². The molecule has 274 valence electrons. The summed E-state index contributed by atoms with van der Waals surface area (Å²) in [7, 11) is 1.76. The zero-order chi connectivity index (χ0) is 36.8. The van der Waals surface area contributed by atoms with E-state index in [1.54, 1.807) is 36.1 Å². The number of rotatable bonds is 6. The highest BCUT2D eigenvalue weighted by atomic mass is 16.3. The minimum absolute atomic E-state index is 0.0213. The molecule has 0 aliphatic carbocycles. The molecule has 6 N–H and O–H groups in total. The molecule has 2 aromatic heterocycles. The highest BCUT2D eigenvalue weighted by Crippen LogP contribution is 2.20. The van der Waals surface area contributed by atoms with Gasteiger partial charge in [-0.25, -0.2) is 4.52 Å². The van der Waals surface area contributed by atoms with E-state index in [1.807, 2.05) is 32.0 Å². The van der Waals surface area contributed by atoms with Crippen molar-refractivity contribution in [1.29, 1.82) is 0 Å². The van der Waals surface area contributed by atoms with Gasteiger partial charge < -0.3 is 41.2 Å². The average molecular weight is 706 g/mol. The first-order chi connectivity index (χ1) is 24.3. The van der Waals surface area contributed by atoms with Crippen LogP contribution in [0.3, 0.4) is 0 Å². The number of hydrogen-bond acceptors (Lipinski definition) is 8. The monoisotopic (exact) mass is 705 g/mol. The highest BCUT2D eigenvalue weighted by molar-refractivity contribution is 6.02. The molecule has 4 heterocycles. The van der Waals surface area contributed by atoms with Gasteiger partial charge in [0.1, 0.15) is 41.4 Å². The third-order valence-electron chi connectivity index (χ3n) is 9.22. The lowest BCUT2D eigenvalue weighted by molar-refractivity contribution is -0.141. The largest absolute Gasteiger partial charge is 0.391 e. The van der Waals surface area contributed by atoms with Crippen molar-refractivity contribution in [3.05, 3.63) is 60.0 Å². The predicted octanol–water partition coefficient (Wildman–Crippen LogP) is -0.594. The Bertz CT molecular complexity index is 1750. The average Bonchev–Trinajstić information content (AvgIpc) is 3.80. The molecule has 2 aliphatic rings. The van der Waals surface area contributed by atoms with Crippen LogP contribution < -0.4 is 26.6 Å². The predicted molar refractivity (Wildman–Crippen MR) is 185 cm³/mol. The number of nitrogens with one attached hydrogen (secondary N) is 5. The van der Waals surface area contributed by atoms with E-state index in [0.717, 1.165) is 5.56 Å². The lowest BCUT2D eigenvalue weighted by Gasteiger charge is -2.29. The SMILES string of the molecule is CC(C)C[C@@H]1NC(=O)[C@@H](Cc2ccccc2)NC(=O)[C@@H](NC(=O)c2cnn3ccn(C)c23)CCCNC(=O)[C@@H]2C[C@@H](O)CN2C(=O)[C@H](C)NC1=O. The van der Waals surface area contributed by atoms with Crippen LogP contribution in [0.5, 0.6) is 0 Å². The Morgan fingerprint density at radius 2 is 1.69 bits per heavy atom.